The molecule has 3 heterocycles. The maximum absolute atomic E-state index is 6.54. The quantitative estimate of drug-likeness (QED) is 0.378. The number of hydrazone groups is 1. The van der Waals surface area contributed by atoms with Crippen molar-refractivity contribution in [2.75, 3.05) is 6.79 Å². The van der Waals surface area contributed by atoms with Crippen molar-refractivity contribution in [3.63, 3.8) is 0 Å². The number of benzene rings is 3. The van der Waals surface area contributed by atoms with Gasteiger partial charge < -0.3 is 14.2 Å². The van der Waals surface area contributed by atoms with Gasteiger partial charge in [0.05, 0.1) is 16.8 Å². The number of ether oxygens (including phenoxy) is 3. The van der Waals surface area contributed by atoms with E-state index in [1.165, 1.54) is 0 Å². The zero-order chi connectivity index (χ0) is 21.1. The lowest BCUT2D eigenvalue weighted by Gasteiger charge is -2.38. The van der Waals surface area contributed by atoms with E-state index in [0.717, 1.165) is 39.0 Å². The maximum atomic E-state index is 6.54. The maximum Gasteiger partial charge on any atom is 0.231 e. The van der Waals surface area contributed by atoms with Crippen molar-refractivity contribution in [3.8, 4) is 17.2 Å². The second kappa shape index (κ2) is 7.33. The van der Waals surface area contributed by atoms with Gasteiger partial charge in [-0.3, -0.25) is 0 Å². The predicted octanol–water partition coefficient (Wildman–Crippen LogP) is 6.73. The number of fused-ring (bicyclic) bond motifs is 4. The van der Waals surface area contributed by atoms with E-state index < -0.39 is 6.23 Å². The Balaban J connectivity index is 1.47. The summed E-state index contributed by atoms with van der Waals surface area (Å²) in [6, 6.07) is 17.5. The average molecular weight is 518 g/mol. The van der Waals surface area contributed by atoms with Gasteiger partial charge in [-0.25, -0.2) is 5.01 Å². The molecule has 3 aliphatic rings. The summed E-state index contributed by atoms with van der Waals surface area (Å²) < 4.78 is 18.5. The Hall–Kier alpha value is -2.41. The average Bonchev–Trinajstić information content (AvgIpc) is 3.41. The summed E-state index contributed by atoms with van der Waals surface area (Å²) in [7, 11) is 0. The van der Waals surface area contributed by atoms with Crippen LogP contribution < -0.4 is 14.2 Å². The molecule has 0 aliphatic carbocycles. The molecule has 0 bridgehead atoms. The third kappa shape index (κ3) is 3.25. The fourth-order valence-electron chi connectivity index (χ4n) is 4.22. The van der Waals surface area contributed by atoms with Crippen molar-refractivity contribution in [1.29, 1.82) is 0 Å². The molecule has 3 aliphatic heterocycles. The Labute approximate surface area is 197 Å². The largest absolute Gasteiger partial charge is 0.463 e. The molecule has 0 aromatic heterocycles. The van der Waals surface area contributed by atoms with Crippen LogP contribution in [0.3, 0.4) is 0 Å². The normalized spacial score (nSPS) is 20.7. The summed E-state index contributed by atoms with van der Waals surface area (Å²) >= 11 is 16.4. The molecule has 0 amide bonds. The molecule has 0 saturated heterocycles. The molecule has 3 aromatic carbocycles. The van der Waals surface area contributed by atoms with Gasteiger partial charge in [-0.1, -0.05) is 51.3 Å². The highest BCUT2D eigenvalue weighted by Gasteiger charge is 2.42. The van der Waals surface area contributed by atoms with E-state index in [2.05, 4.69) is 28.1 Å². The van der Waals surface area contributed by atoms with E-state index in [0.29, 0.717) is 21.5 Å². The summed E-state index contributed by atoms with van der Waals surface area (Å²) in [5, 5.41) is 8.03. The van der Waals surface area contributed by atoms with Gasteiger partial charge in [-0.05, 0) is 48.0 Å². The van der Waals surface area contributed by atoms with Crippen LogP contribution in [-0.4, -0.2) is 17.5 Å². The fourth-order valence-corrected chi connectivity index (χ4v) is 5.04. The Morgan fingerprint density at radius 3 is 2.61 bits per heavy atom. The molecule has 0 spiro atoms. The van der Waals surface area contributed by atoms with Gasteiger partial charge in [-0.15, -0.1) is 0 Å². The zero-order valence-corrected chi connectivity index (χ0v) is 19.1. The molecule has 31 heavy (non-hydrogen) atoms. The van der Waals surface area contributed by atoms with Crippen molar-refractivity contribution >= 4 is 44.8 Å². The predicted molar refractivity (Wildman–Crippen MR) is 122 cm³/mol. The summed E-state index contributed by atoms with van der Waals surface area (Å²) in [5.41, 5.74) is 3.89. The van der Waals surface area contributed by atoms with Gasteiger partial charge in [0.25, 0.3) is 0 Å². The van der Waals surface area contributed by atoms with Gasteiger partial charge in [-0.2, -0.15) is 5.10 Å². The Kier molecular flexibility index (Phi) is 4.56. The second-order valence-corrected chi connectivity index (χ2v) is 9.30. The van der Waals surface area contributed by atoms with Crippen LogP contribution in [0.5, 0.6) is 17.2 Å². The minimum atomic E-state index is -0.460. The first-order chi connectivity index (χ1) is 15.1. The van der Waals surface area contributed by atoms with Crippen LogP contribution in [0.25, 0.3) is 0 Å². The lowest BCUT2D eigenvalue weighted by Crippen LogP contribution is -2.33. The van der Waals surface area contributed by atoms with Crippen LogP contribution >= 0.6 is 39.1 Å². The number of hydrogen-bond acceptors (Lipinski definition) is 5. The van der Waals surface area contributed by atoms with E-state index in [-0.39, 0.29) is 12.8 Å². The lowest BCUT2D eigenvalue weighted by molar-refractivity contribution is -0.0190. The Morgan fingerprint density at radius 1 is 0.968 bits per heavy atom. The zero-order valence-electron chi connectivity index (χ0n) is 16.0. The molecule has 0 N–H and O–H groups in total. The van der Waals surface area contributed by atoms with Gasteiger partial charge in [0.15, 0.2) is 11.5 Å². The van der Waals surface area contributed by atoms with Crippen molar-refractivity contribution < 1.29 is 14.2 Å². The molecule has 5 nitrogen and oxygen atoms in total. The van der Waals surface area contributed by atoms with Crippen LogP contribution in [-0.2, 0) is 0 Å². The lowest BCUT2D eigenvalue weighted by atomic mass is 9.96. The molecular formula is C23H15BrCl2N2O3. The molecule has 156 valence electrons. The third-order valence-corrected chi connectivity index (χ3v) is 6.69. The topological polar surface area (TPSA) is 43.3 Å². The minimum Gasteiger partial charge on any atom is -0.463 e. The monoisotopic (exact) mass is 516 g/mol. The molecule has 6 rings (SSSR count). The number of halogens is 3. The minimum absolute atomic E-state index is 0.0472. The van der Waals surface area contributed by atoms with Crippen LogP contribution in [0, 0.1) is 0 Å². The molecule has 2 atom stereocenters. The van der Waals surface area contributed by atoms with E-state index in [4.69, 9.17) is 42.5 Å². The summed E-state index contributed by atoms with van der Waals surface area (Å²) in [4.78, 5) is 0. The first-order valence-electron chi connectivity index (χ1n) is 9.74. The van der Waals surface area contributed by atoms with E-state index >= 15 is 0 Å². The first-order valence-corrected chi connectivity index (χ1v) is 11.3. The van der Waals surface area contributed by atoms with Crippen molar-refractivity contribution in [2.24, 2.45) is 5.10 Å². The molecule has 3 aromatic rings. The van der Waals surface area contributed by atoms with Crippen LogP contribution in [0.1, 0.15) is 35.4 Å². The van der Waals surface area contributed by atoms with Crippen LogP contribution in [0.4, 0.5) is 0 Å². The molecular weight excluding hydrogens is 503 g/mol. The summed E-state index contributed by atoms with van der Waals surface area (Å²) in [5.74, 6) is 2.06. The van der Waals surface area contributed by atoms with Crippen molar-refractivity contribution in [3.05, 3.63) is 85.8 Å². The second-order valence-electron chi connectivity index (χ2n) is 7.54. The first kappa shape index (κ1) is 19.3. The van der Waals surface area contributed by atoms with E-state index in [1.54, 1.807) is 6.07 Å². The van der Waals surface area contributed by atoms with Crippen LogP contribution in [0.15, 0.2) is 64.2 Å². The van der Waals surface area contributed by atoms with Crippen LogP contribution in [0.2, 0.25) is 10.0 Å². The van der Waals surface area contributed by atoms with Gasteiger partial charge >= 0.3 is 0 Å². The van der Waals surface area contributed by atoms with Crippen molar-refractivity contribution in [1.82, 2.24) is 5.01 Å². The Morgan fingerprint density at radius 2 is 1.77 bits per heavy atom. The fraction of sp³-hybridized carbons (Fsp3) is 0.174. The van der Waals surface area contributed by atoms with Gasteiger partial charge in [0.2, 0.25) is 13.0 Å². The van der Waals surface area contributed by atoms with Gasteiger partial charge in [0, 0.05) is 27.0 Å². The van der Waals surface area contributed by atoms with Gasteiger partial charge in [0.1, 0.15) is 5.75 Å². The molecule has 0 fully saturated rings. The highest BCUT2D eigenvalue weighted by molar-refractivity contribution is 9.10. The van der Waals surface area contributed by atoms with E-state index in [1.807, 2.05) is 41.4 Å². The summed E-state index contributed by atoms with van der Waals surface area (Å²) in [6.45, 7) is 0.218. The molecule has 8 heteroatoms. The third-order valence-electron chi connectivity index (χ3n) is 5.67. The number of hydrogen-bond donors (Lipinski definition) is 0. The van der Waals surface area contributed by atoms with E-state index in [9.17, 15) is 0 Å². The van der Waals surface area contributed by atoms with Crippen molar-refractivity contribution in [2.45, 2.75) is 18.7 Å². The standard InChI is InChI=1S/C23H15BrCl2N2O3/c24-14-4-1-12(2-5-14)18-10-19-16-8-15(25)9-17(26)22(16)31-23(28(19)27-18)13-3-6-20-21(7-13)30-11-29-20/h1-9,19,23H,10-11H2. The highest BCUT2D eigenvalue weighted by Crippen LogP contribution is 2.51. The summed E-state index contributed by atoms with van der Waals surface area (Å²) in [6.07, 6.45) is 0.258. The molecule has 0 radical (unpaired) electrons. The molecule has 0 saturated carbocycles. The number of nitrogens with zero attached hydrogens (tertiary/aromatic N) is 2. The highest BCUT2D eigenvalue weighted by atomic mass is 79.9. The molecule has 2 unspecified atom stereocenters. The smallest absolute Gasteiger partial charge is 0.231 e. The Bertz CT molecular complexity index is 1230. The number of rotatable bonds is 2. The SMILES string of the molecule is Clc1cc(Cl)c2c(c1)C1CC(c3ccc(Br)cc3)=NN1C(c1ccc3c(c1)OCO3)O2.